The molecule has 0 aliphatic carbocycles. The number of pyridine rings is 1. The van der Waals surface area contributed by atoms with Gasteiger partial charge in [0.2, 0.25) is 5.82 Å². The maximum atomic E-state index is 12.2. The molecule has 2 aromatic heterocycles. The Bertz CT molecular complexity index is 703. The molecule has 1 N–H and O–H groups in total. The summed E-state index contributed by atoms with van der Waals surface area (Å²) in [5, 5.41) is 17.2. The standard InChI is InChI=1S/C11H10ClN5O3S/c1-5(2)8-9(21-16-15-8)11(18)14-10-6(17(19)20)3-4-7(12)13-10/h3-5H,1-2H3,(H,13,14,18). The first-order valence-corrected chi connectivity index (χ1v) is 6.99. The van der Waals surface area contributed by atoms with Crippen molar-refractivity contribution >= 4 is 40.5 Å². The SMILES string of the molecule is CC(C)c1nnsc1C(=O)Nc1nc(Cl)ccc1[N+](=O)[O-]. The van der Waals surface area contributed by atoms with Gasteiger partial charge in [-0.2, -0.15) is 0 Å². The van der Waals surface area contributed by atoms with Crippen LogP contribution in [0.5, 0.6) is 0 Å². The fraction of sp³-hybridized carbons (Fsp3) is 0.273. The summed E-state index contributed by atoms with van der Waals surface area (Å²) in [5.74, 6) is -0.751. The van der Waals surface area contributed by atoms with Crippen molar-refractivity contribution in [2.24, 2.45) is 0 Å². The highest BCUT2D eigenvalue weighted by molar-refractivity contribution is 7.08. The van der Waals surface area contributed by atoms with Crippen molar-refractivity contribution in [3.63, 3.8) is 0 Å². The molecule has 0 atom stereocenters. The van der Waals surface area contributed by atoms with Crippen LogP contribution in [0.25, 0.3) is 0 Å². The van der Waals surface area contributed by atoms with E-state index in [9.17, 15) is 14.9 Å². The molecular weight excluding hydrogens is 318 g/mol. The van der Waals surface area contributed by atoms with Crippen LogP contribution in [0.2, 0.25) is 5.15 Å². The zero-order chi connectivity index (χ0) is 15.6. The van der Waals surface area contributed by atoms with E-state index in [1.165, 1.54) is 12.1 Å². The van der Waals surface area contributed by atoms with E-state index in [4.69, 9.17) is 11.6 Å². The van der Waals surface area contributed by atoms with E-state index in [2.05, 4.69) is 19.9 Å². The monoisotopic (exact) mass is 327 g/mol. The number of halogens is 1. The molecule has 2 heterocycles. The number of amides is 1. The van der Waals surface area contributed by atoms with E-state index in [-0.39, 0.29) is 22.6 Å². The number of aromatic nitrogens is 3. The van der Waals surface area contributed by atoms with Crippen molar-refractivity contribution < 1.29 is 9.72 Å². The van der Waals surface area contributed by atoms with Crippen LogP contribution in [0, 0.1) is 10.1 Å². The molecule has 1 amide bonds. The summed E-state index contributed by atoms with van der Waals surface area (Å²) in [4.78, 5) is 26.5. The number of carbonyl (C=O) groups excluding carboxylic acids is 1. The molecule has 0 saturated carbocycles. The third kappa shape index (κ3) is 3.31. The molecule has 0 radical (unpaired) electrons. The molecule has 0 aliphatic rings. The Hall–Kier alpha value is -2.13. The summed E-state index contributed by atoms with van der Waals surface area (Å²) in [6.45, 7) is 3.74. The lowest BCUT2D eigenvalue weighted by Crippen LogP contribution is -2.15. The number of hydrogen-bond acceptors (Lipinski definition) is 7. The van der Waals surface area contributed by atoms with Crippen LogP contribution in [0.4, 0.5) is 11.5 Å². The average Bonchev–Trinajstić information content (AvgIpc) is 2.87. The molecule has 2 rings (SSSR count). The van der Waals surface area contributed by atoms with Gasteiger partial charge in [0.25, 0.3) is 5.91 Å². The predicted octanol–water partition coefficient (Wildman–Crippen LogP) is 2.87. The number of carbonyl (C=O) groups is 1. The third-order valence-corrected chi connectivity index (χ3v) is 3.49. The molecule has 0 fully saturated rings. The van der Waals surface area contributed by atoms with Crippen LogP contribution in [-0.4, -0.2) is 25.4 Å². The van der Waals surface area contributed by atoms with Gasteiger partial charge in [0.15, 0.2) is 0 Å². The first-order valence-electron chi connectivity index (χ1n) is 5.84. The fourth-order valence-corrected chi connectivity index (χ4v) is 2.43. The highest BCUT2D eigenvalue weighted by Gasteiger charge is 2.23. The van der Waals surface area contributed by atoms with Crippen LogP contribution in [-0.2, 0) is 0 Å². The van der Waals surface area contributed by atoms with Gasteiger partial charge in [-0.15, -0.1) is 5.10 Å². The molecular formula is C11H10ClN5O3S. The van der Waals surface area contributed by atoms with Gasteiger partial charge in [0, 0.05) is 6.07 Å². The second-order valence-electron chi connectivity index (χ2n) is 4.35. The Morgan fingerprint density at radius 1 is 1.48 bits per heavy atom. The number of hydrogen-bond donors (Lipinski definition) is 1. The largest absolute Gasteiger partial charge is 0.311 e. The van der Waals surface area contributed by atoms with Gasteiger partial charge in [-0.05, 0) is 23.5 Å². The molecule has 0 aliphatic heterocycles. The van der Waals surface area contributed by atoms with Crippen molar-refractivity contribution in [2.45, 2.75) is 19.8 Å². The van der Waals surface area contributed by atoms with Crippen molar-refractivity contribution in [3.8, 4) is 0 Å². The number of nitrogens with zero attached hydrogens (tertiary/aromatic N) is 4. The Kier molecular flexibility index (Phi) is 4.43. The number of rotatable bonds is 4. The van der Waals surface area contributed by atoms with Crippen molar-refractivity contribution in [3.05, 3.63) is 38.0 Å². The zero-order valence-electron chi connectivity index (χ0n) is 11.0. The summed E-state index contributed by atoms with van der Waals surface area (Å²) in [6.07, 6.45) is 0. The van der Waals surface area contributed by atoms with Gasteiger partial charge < -0.3 is 0 Å². The van der Waals surface area contributed by atoms with E-state index in [1.54, 1.807) is 0 Å². The highest BCUT2D eigenvalue weighted by Crippen LogP contribution is 2.26. The van der Waals surface area contributed by atoms with E-state index >= 15 is 0 Å². The van der Waals surface area contributed by atoms with Gasteiger partial charge >= 0.3 is 5.69 Å². The summed E-state index contributed by atoms with van der Waals surface area (Å²) in [5.41, 5.74) is 0.193. The normalized spacial score (nSPS) is 10.7. The van der Waals surface area contributed by atoms with E-state index < -0.39 is 10.8 Å². The van der Waals surface area contributed by atoms with Crippen LogP contribution in [0.1, 0.15) is 35.1 Å². The van der Waals surface area contributed by atoms with Crippen molar-refractivity contribution in [1.82, 2.24) is 14.6 Å². The maximum absolute atomic E-state index is 12.2. The molecule has 2 aromatic rings. The Balaban J connectivity index is 2.33. The predicted molar refractivity (Wildman–Crippen MR) is 77.9 cm³/mol. The molecule has 0 saturated heterocycles. The second-order valence-corrected chi connectivity index (χ2v) is 5.50. The maximum Gasteiger partial charge on any atom is 0.311 e. The molecule has 21 heavy (non-hydrogen) atoms. The Morgan fingerprint density at radius 3 is 2.81 bits per heavy atom. The fourth-order valence-electron chi connectivity index (χ4n) is 1.56. The molecule has 8 nitrogen and oxygen atoms in total. The Morgan fingerprint density at radius 2 is 2.19 bits per heavy atom. The number of anilines is 1. The molecule has 0 bridgehead atoms. The lowest BCUT2D eigenvalue weighted by Gasteiger charge is -2.06. The van der Waals surface area contributed by atoms with Gasteiger partial charge in [-0.25, -0.2) is 4.98 Å². The lowest BCUT2D eigenvalue weighted by molar-refractivity contribution is -0.384. The first kappa shape index (κ1) is 15.3. The van der Waals surface area contributed by atoms with Gasteiger partial charge in [0.1, 0.15) is 10.0 Å². The Labute approximate surface area is 128 Å². The molecule has 110 valence electrons. The molecule has 0 unspecified atom stereocenters. The number of nitrogens with one attached hydrogen (secondary N) is 1. The topological polar surface area (TPSA) is 111 Å². The van der Waals surface area contributed by atoms with Crippen LogP contribution in [0.15, 0.2) is 12.1 Å². The minimum Gasteiger partial charge on any atom is -0.300 e. The first-order chi connectivity index (χ1) is 9.90. The second kappa shape index (κ2) is 6.10. The minimum atomic E-state index is -0.646. The lowest BCUT2D eigenvalue weighted by atomic mass is 10.1. The number of nitro groups is 1. The van der Waals surface area contributed by atoms with Crippen molar-refractivity contribution in [1.29, 1.82) is 0 Å². The smallest absolute Gasteiger partial charge is 0.300 e. The quantitative estimate of drug-likeness (QED) is 0.525. The highest BCUT2D eigenvalue weighted by atomic mass is 35.5. The summed E-state index contributed by atoms with van der Waals surface area (Å²) in [6, 6.07) is 2.46. The molecule has 10 heteroatoms. The molecule has 0 aromatic carbocycles. The van der Waals surface area contributed by atoms with E-state index in [1.807, 2.05) is 13.8 Å². The van der Waals surface area contributed by atoms with Crippen LogP contribution < -0.4 is 5.32 Å². The van der Waals surface area contributed by atoms with Gasteiger partial charge in [-0.1, -0.05) is 29.9 Å². The van der Waals surface area contributed by atoms with E-state index in [0.717, 1.165) is 11.5 Å². The average molecular weight is 328 g/mol. The van der Waals surface area contributed by atoms with Gasteiger partial charge in [0.05, 0.1) is 10.6 Å². The summed E-state index contributed by atoms with van der Waals surface area (Å²) < 4.78 is 3.73. The third-order valence-electron chi connectivity index (χ3n) is 2.54. The van der Waals surface area contributed by atoms with Crippen LogP contribution >= 0.6 is 23.1 Å². The van der Waals surface area contributed by atoms with Gasteiger partial charge in [-0.3, -0.25) is 20.2 Å². The molecule has 0 spiro atoms. The zero-order valence-corrected chi connectivity index (χ0v) is 12.6. The van der Waals surface area contributed by atoms with E-state index in [0.29, 0.717) is 10.6 Å². The minimum absolute atomic E-state index is 0.00630. The van der Waals surface area contributed by atoms with Crippen molar-refractivity contribution in [2.75, 3.05) is 5.32 Å². The summed E-state index contributed by atoms with van der Waals surface area (Å²) >= 11 is 6.62. The summed E-state index contributed by atoms with van der Waals surface area (Å²) in [7, 11) is 0. The van der Waals surface area contributed by atoms with Crippen LogP contribution in [0.3, 0.4) is 0 Å².